The number of aliphatic hydroxyl groups excluding tert-OH is 1. The summed E-state index contributed by atoms with van der Waals surface area (Å²) in [5.41, 5.74) is 2.01. The van der Waals surface area contributed by atoms with Crippen molar-refractivity contribution in [3.05, 3.63) is 29.8 Å². The van der Waals surface area contributed by atoms with E-state index in [0.29, 0.717) is 19.4 Å². The van der Waals surface area contributed by atoms with Crippen molar-refractivity contribution in [1.82, 2.24) is 25.3 Å². The molecule has 1 aliphatic heterocycles. The molecule has 1 aliphatic rings. The second-order valence-electron chi connectivity index (χ2n) is 15.5. The van der Waals surface area contributed by atoms with Crippen LogP contribution in [0.4, 0.5) is 5.69 Å². The van der Waals surface area contributed by atoms with Crippen LogP contribution < -0.4 is 16.0 Å². The van der Waals surface area contributed by atoms with Gasteiger partial charge in [0.1, 0.15) is 0 Å². The molecule has 0 saturated carbocycles. The summed E-state index contributed by atoms with van der Waals surface area (Å²) >= 11 is 0. The Morgan fingerprint density at radius 2 is 1.56 bits per heavy atom. The summed E-state index contributed by atoms with van der Waals surface area (Å²) < 4.78 is 11.9. The molecule has 0 bridgehead atoms. The first-order valence-corrected chi connectivity index (χ1v) is 20.4. The van der Waals surface area contributed by atoms with Crippen molar-refractivity contribution in [1.29, 1.82) is 0 Å². The Morgan fingerprint density at radius 1 is 0.945 bits per heavy atom. The number of rotatable bonds is 22. The summed E-state index contributed by atoms with van der Waals surface area (Å²) in [6.45, 7) is 17.0. The first-order valence-electron chi connectivity index (χ1n) is 20.4. The molecule has 1 aromatic rings. The molecule has 1 aromatic carbocycles. The van der Waals surface area contributed by atoms with E-state index < -0.39 is 30.2 Å². The number of nitrogens with one attached hydrogen (secondary N) is 3. The van der Waals surface area contributed by atoms with Crippen LogP contribution in [0.2, 0.25) is 0 Å². The van der Waals surface area contributed by atoms with Crippen LogP contribution in [-0.2, 0) is 35.1 Å². The summed E-state index contributed by atoms with van der Waals surface area (Å²) in [5, 5.41) is 19.2. The van der Waals surface area contributed by atoms with Crippen molar-refractivity contribution in [2.24, 2.45) is 17.8 Å². The SMILES string of the molecule is CCC.CCNc1ccc(CC(CO)NC(=O)C(C)C(OC)C2CCCN2C(=O)CC(OC)C(C(C)CC)N(C)C(=O)CNC(=O)C(C(C)C)N(C)C)cc1. The number of likely N-dealkylation sites (N-methyl/N-ethyl adjacent to an activating group) is 2. The molecule has 0 spiro atoms. The summed E-state index contributed by atoms with van der Waals surface area (Å²) in [6.07, 6.45) is 2.79. The van der Waals surface area contributed by atoms with Crippen molar-refractivity contribution in [3.8, 4) is 0 Å². The van der Waals surface area contributed by atoms with Crippen molar-refractivity contribution < 1.29 is 33.8 Å². The lowest BCUT2D eigenvalue weighted by atomic mass is 9.90. The fraction of sp³-hybridized carbons (Fsp3) is 0.762. The summed E-state index contributed by atoms with van der Waals surface area (Å²) in [4.78, 5) is 59.2. The molecule has 1 heterocycles. The van der Waals surface area contributed by atoms with Crippen molar-refractivity contribution in [3.63, 3.8) is 0 Å². The number of hydrogen-bond acceptors (Lipinski definition) is 9. The average Bonchev–Trinajstić information content (AvgIpc) is 3.63. The van der Waals surface area contributed by atoms with Crippen LogP contribution >= 0.6 is 0 Å². The minimum atomic E-state index is -0.600. The van der Waals surface area contributed by atoms with Crippen LogP contribution in [0.5, 0.6) is 0 Å². The Balaban J connectivity index is 0.00000487. The molecule has 8 atom stereocenters. The van der Waals surface area contributed by atoms with Crippen LogP contribution in [0.25, 0.3) is 0 Å². The van der Waals surface area contributed by atoms with Crippen molar-refractivity contribution in [2.45, 2.75) is 130 Å². The molecule has 0 aromatic heterocycles. The van der Waals surface area contributed by atoms with Gasteiger partial charge in [-0.3, -0.25) is 24.1 Å². The lowest BCUT2D eigenvalue weighted by molar-refractivity contribution is -0.146. The maximum Gasteiger partial charge on any atom is 0.242 e. The molecular formula is C42H76N6O7. The summed E-state index contributed by atoms with van der Waals surface area (Å²) in [7, 11) is 8.49. The van der Waals surface area contributed by atoms with Gasteiger partial charge >= 0.3 is 0 Å². The molecule has 0 aliphatic carbocycles. The second kappa shape index (κ2) is 25.8. The van der Waals surface area contributed by atoms with Crippen molar-refractivity contribution in [2.75, 3.05) is 66.9 Å². The van der Waals surface area contributed by atoms with Gasteiger partial charge in [-0.2, -0.15) is 0 Å². The number of carbonyl (C=O) groups excluding carboxylic acids is 4. The van der Waals surface area contributed by atoms with E-state index in [-0.39, 0.29) is 67.1 Å². The topological polar surface area (TPSA) is 153 Å². The zero-order valence-corrected chi connectivity index (χ0v) is 36.3. The third-order valence-electron chi connectivity index (χ3n) is 10.6. The van der Waals surface area contributed by atoms with Crippen LogP contribution in [0, 0.1) is 17.8 Å². The zero-order valence-electron chi connectivity index (χ0n) is 36.3. The Hall–Kier alpha value is -3.26. The highest BCUT2D eigenvalue weighted by molar-refractivity contribution is 5.87. The van der Waals surface area contributed by atoms with Gasteiger partial charge < -0.3 is 40.3 Å². The monoisotopic (exact) mass is 777 g/mol. The van der Waals surface area contributed by atoms with E-state index in [9.17, 15) is 24.3 Å². The molecule has 13 heteroatoms. The number of ether oxygens (including phenoxy) is 2. The number of anilines is 1. The molecule has 316 valence electrons. The van der Waals surface area contributed by atoms with Crippen LogP contribution in [0.15, 0.2) is 24.3 Å². The van der Waals surface area contributed by atoms with E-state index >= 15 is 0 Å². The lowest BCUT2D eigenvalue weighted by Crippen LogP contribution is -2.55. The van der Waals surface area contributed by atoms with Gasteiger partial charge in [0.25, 0.3) is 0 Å². The van der Waals surface area contributed by atoms with Gasteiger partial charge in [0.2, 0.25) is 23.6 Å². The van der Waals surface area contributed by atoms with Crippen LogP contribution in [0.3, 0.4) is 0 Å². The van der Waals surface area contributed by atoms with Gasteiger partial charge in [0.05, 0.1) is 61.9 Å². The highest BCUT2D eigenvalue weighted by atomic mass is 16.5. The number of benzene rings is 1. The van der Waals surface area contributed by atoms with Gasteiger partial charge in [0.15, 0.2) is 0 Å². The number of methoxy groups -OCH3 is 2. The first kappa shape index (κ1) is 49.8. The van der Waals surface area contributed by atoms with Gasteiger partial charge in [-0.05, 0) is 69.8 Å². The molecular weight excluding hydrogens is 700 g/mol. The van der Waals surface area contributed by atoms with E-state index in [1.165, 1.54) is 6.42 Å². The number of amides is 4. The molecule has 0 radical (unpaired) electrons. The van der Waals surface area contributed by atoms with Crippen LogP contribution in [-0.4, -0.2) is 141 Å². The van der Waals surface area contributed by atoms with E-state index in [2.05, 4.69) is 29.8 Å². The Bertz CT molecular complexity index is 1270. The standard InChI is InChI=1S/C39H68N6O7.C3H8/c1-12-26(5)36(44(9)34(48)23-41-39(50)35(25(3)4)43(7)8)32(51-10)22-33(47)45-20-14-15-31(45)37(52-11)27(6)38(49)42-30(24-46)21-28-16-18-29(19-17-28)40-13-2;1-3-2/h16-19,25-27,30-32,35-37,40,46H,12-15,20-24H2,1-11H3,(H,41,50)(H,42,49);3H2,1-2H3. The fourth-order valence-corrected chi connectivity index (χ4v) is 7.59. The van der Waals surface area contributed by atoms with E-state index in [1.54, 1.807) is 38.0 Å². The Labute approximate surface area is 332 Å². The quantitative estimate of drug-likeness (QED) is 0.136. The highest BCUT2D eigenvalue weighted by Gasteiger charge is 2.42. The van der Waals surface area contributed by atoms with Crippen molar-refractivity contribution >= 4 is 29.3 Å². The first-order chi connectivity index (χ1) is 26.1. The average molecular weight is 777 g/mol. The number of carbonyl (C=O) groups is 4. The maximum absolute atomic E-state index is 14.0. The molecule has 13 nitrogen and oxygen atoms in total. The molecule has 4 N–H and O–H groups in total. The number of likely N-dealkylation sites (tertiary alicyclic amines) is 1. The van der Waals surface area contributed by atoms with E-state index in [0.717, 1.165) is 30.6 Å². The van der Waals surface area contributed by atoms with Gasteiger partial charge in [-0.15, -0.1) is 0 Å². The normalized spacial score (nSPS) is 18.0. The highest BCUT2D eigenvalue weighted by Crippen LogP contribution is 2.29. The molecule has 1 saturated heterocycles. The van der Waals surface area contributed by atoms with E-state index in [4.69, 9.17) is 9.47 Å². The molecule has 8 unspecified atom stereocenters. The number of nitrogens with zero attached hydrogens (tertiary/aromatic N) is 3. The summed E-state index contributed by atoms with van der Waals surface area (Å²) in [6, 6.07) is 6.33. The minimum Gasteiger partial charge on any atom is -0.394 e. The largest absolute Gasteiger partial charge is 0.394 e. The minimum absolute atomic E-state index is 0.00261. The summed E-state index contributed by atoms with van der Waals surface area (Å²) in [5.74, 6) is -1.38. The molecule has 55 heavy (non-hydrogen) atoms. The fourth-order valence-electron chi connectivity index (χ4n) is 7.59. The van der Waals surface area contributed by atoms with Gasteiger partial charge in [-0.25, -0.2) is 0 Å². The number of aliphatic hydroxyl groups is 1. The third-order valence-corrected chi connectivity index (χ3v) is 10.6. The smallest absolute Gasteiger partial charge is 0.242 e. The molecule has 4 amide bonds. The second-order valence-corrected chi connectivity index (χ2v) is 15.5. The van der Waals surface area contributed by atoms with E-state index in [1.807, 2.05) is 77.9 Å². The predicted molar refractivity (Wildman–Crippen MR) is 221 cm³/mol. The third kappa shape index (κ3) is 15.3. The number of hydrogen-bond donors (Lipinski definition) is 4. The molecule has 2 rings (SSSR count). The Kier molecular flexibility index (Phi) is 23.4. The molecule has 1 fully saturated rings. The Morgan fingerprint density at radius 3 is 2.05 bits per heavy atom. The maximum atomic E-state index is 14.0. The predicted octanol–water partition coefficient (Wildman–Crippen LogP) is 4.18. The van der Waals surface area contributed by atoms with Gasteiger partial charge in [0, 0.05) is 40.0 Å². The van der Waals surface area contributed by atoms with Crippen LogP contribution in [0.1, 0.15) is 93.1 Å². The zero-order chi connectivity index (χ0) is 41.8. The lowest BCUT2D eigenvalue weighted by Gasteiger charge is -2.39. The van der Waals surface area contributed by atoms with Gasteiger partial charge in [-0.1, -0.05) is 73.4 Å².